The average molecular weight is 325 g/mol. The zero-order valence-corrected chi connectivity index (χ0v) is 13.0. The van der Waals surface area contributed by atoms with Gasteiger partial charge in [-0.15, -0.1) is 10.2 Å². The topological polar surface area (TPSA) is 84.3 Å². The number of hydrogen-bond donors (Lipinski definition) is 2. The second kappa shape index (κ2) is 7.84. The number of hydrogen-bond acceptors (Lipinski definition) is 7. The number of nitrogens with zero attached hydrogens (tertiary/aromatic N) is 2. The maximum absolute atomic E-state index is 10.5. The van der Waals surface area contributed by atoms with E-state index in [1.54, 1.807) is 7.11 Å². The summed E-state index contributed by atoms with van der Waals surface area (Å²) in [5.74, 6) is -0.0168. The molecule has 0 aliphatic rings. The van der Waals surface area contributed by atoms with Gasteiger partial charge in [0, 0.05) is 6.54 Å². The molecule has 8 heteroatoms. The Morgan fingerprint density at radius 2 is 2.33 bits per heavy atom. The first-order valence-corrected chi connectivity index (χ1v) is 8.02. The number of rotatable bonds is 8. The Balaban J connectivity index is 1.79. The highest BCUT2D eigenvalue weighted by Crippen LogP contribution is 2.25. The lowest BCUT2D eigenvalue weighted by molar-refractivity contribution is -0.133. The van der Waals surface area contributed by atoms with Crippen molar-refractivity contribution in [3.05, 3.63) is 29.8 Å². The Morgan fingerprint density at radius 3 is 3.10 bits per heavy atom. The number of aromatic nitrogens is 2. The van der Waals surface area contributed by atoms with Crippen LogP contribution in [0, 0.1) is 0 Å². The highest BCUT2D eigenvalue weighted by atomic mass is 32.2. The fraction of sp³-hybridized carbons (Fsp3) is 0.308. The second-order valence-corrected chi connectivity index (χ2v) is 6.28. The van der Waals surface area contributed by atoms with Gasteiger partial charge in [0.2, 0.25) is 5.13 Å². The smallest absolute Gasteiger partial charge is 0.313 e. The summed E-state index contributed by atoms with van der Waals surface area (Å²) in [4.78, 5) is 10.5. The second-order valence-electron chi connectivity index (χ2n) is 4.08. The zero-order chi connectivity index (χ0) is 15.1. The van der Waals surface area contributed by atoms with Crippen molar-refractivity contribution in [1.29, 1.82) is 0 Å². The molecule has 0 bridgehead atoms. The molecule has 0 saturated heterocycles. The molecule has 0 aliphatic carbocycles. The monoisotopic (exact) mass is 325 g/mol. The van der Waals surface area contributed by atoms with Gasteiger partial charge in [-0.3, -0.25) is 4.79 Å². The van der Waals surface area contributed by atoms with Crippen molar-refractivity contribution in [3.8, 4) is 5.75 Å². The predicted molar refractivity (Wildman–Crippen MR) is 83.5 cm³/mol. The first kappa shape index (κ1) is 15.6. The van der Waals surface area contributed by atoms with E-state index in [1.807, 2.05) is 24.3 Å². The Bertz CT molecular complexity index is 604. The lowest BCUT2D eigenvalue weighted by atomic mass is 10.1. The van der Waals surface area contributed by atoms with Gasteiger partial charge in [0.15, 0.2) is 4.34 Å². The summed E-state index contributed by atoms with van der Waals surface area (Å²) in [6.45, 7) is 0.728. The summed E-state index contributed by atoms with van der Waals surface area (Å²) in [6, 6.07) is 7.90. The van der Waals surface area contributed by atoms with Crippen LogP contribution in [0.4, 0.5) is 5.13 Å². The third kappa shape index (κ3) is 5.24. The van der Waals surface area contributed by atoms with Gasteiger partial charge in [-0.25, -0.2) is 0 Å². The third-order valence-corrected chi connectivity index (χ3v) is 4.55. The molecule has 0 radical (unpaired) electrons. The van der Waals surface area contributed by atoms with E-state index in [0.29, 0.717) is 9.47 Å². The SMILES string of the molecule is COc1cccc(CCNc2nnc(SCC(=O)O)s2)c1. The number of ether oxygens (including phenoxy) is 1. The van der Waals surface area contributed by atoms with E-state index in [2.05, 4.69) is 15.5 Å². The third-order valence-electron chi connectivity index (χ3n) is 2.55. The van der Waals surface area contributed by atoms with E-state index in [4.69, 9.17) is 9.84 Å². The van der Waals surface area contributed by atoms with Crippen LogP contribution in [0.3, 0.4) is 0 Å². The van der Waals surface area contributed by atoms with Crippen LogP contribution in [-0.2, 0) is 11.2 Å². The molecule has 2 aromatic rings. The molecule has 21 heavy (non-hydrogen) atoms. The number of carboxylic acids is 1. The van der Waals surface area contributed by atoms with E-state index >= 15 is 0 Å². The zero-order valence-electron chi connectivity index (χ0n) is 11.4. The maximum Gasteiger partial charge on any atom is 0.313 e. The molecule has 0 amide bonds. The molecule has 1 heterocycles. The highest BCUT2D eigenvalue weighted by Gasteiger charge is 2.06. The number of anilines is 1. The summed E-state index contributed by atoms with van der Waals surface area (Å²) < 4.78 is 5.83. The molecule has 0 atom stereocenters. The minimum Gasteiger partial charge on any atom is -0.497 e. The molecule has 2 N–H and O–H groups in total. The molecular weight excluding hydrogens is 310 g/mol. The summed E-state index contributed by atoms with van der Waals surface area (Å²) in [5, 5.41) is 20.4. The van der Waals surface area contributed by atoms with Crippen molar-refractivity contribution in [1.82, 2.24) is 10.2 Å². The molecule has 2 rings (SSSR count). The number of methoxy groups -OCH3 is 1. The molecule has 0 unspecified atom stereocenters. The van der Waals surface area contributed by atoms with Crippen LogP contribution in [0.25, 0.3) is 0 Å². The van der Waals surface area contributed by atoms with Crippen molar-refractivity contribution in [2.24, 2.45) is 0 Å². The minimum absolute atomic E-state index is 0.00154. The molecule has 1 aromatic carbocycles. The van der Waals surface area contributed by atoms with Crippen molar-refractivity contribution in [2.75, 3.05) is 24.7 Å². The van der Waals surface area contributed by atoms with Crippen molar-refractivity contribution < 1.29 is 14.6 Å². The quantitative estimate of drug-likeness (QED) is 0.721. The fourth-order valence-corrected chi connectivity index (χ4v) is 3.10. The van der Waals surface area contributed by atoms with Crippen LogP contribution in [0.1, 0.15) is 5.56 Å². The minimum atomic E-state index is -0.859. The van der Waals surface area contributed by atoms with Gasteiger partial charge in [-0.2, -0.15) is 0 Å². The number of aliphatic carboxylic acids is 1. The van der Waals surface area contributed by atoms with E-state index in [9.17, 15) is 4.79 Å². The van der Waals surface area contributed by atoms with Gasteiger partial charge < -0.3 is 15.2 Å². The first-order chi connectivity index (χ1) is 10.2. The summed E-state index contributed by atoms with van der Waals surface area (Å²) >= 11 is 2.53. The van der Waals surface area contributed by atoms with Gasteiger partial charge >= 0.3 is 5.97 Å². The summed E-state index contributed by atoms with van der Waals surface area (Å²) in [5.41, 5.74) is 1.17. The maximum atomic E-state index is 10.5. The number of carbonyl (C=O) groups is 1. The van der Waals surface area contributed by atoms with Gasteiger partial charge in [-0.1, -0.05) is 35.2 Å². The first-order valence-electron chi connectivity index (χ1n) is 6.22. The average Bonchev–Trinajstić information content (AvgIpc) is 2.93. The van der Waals surface area contributed by atoms with Crippen LogP contribution in [0.2, 0.25) is 0 Å². The summed E-state index contributed by atoms with van der Waals surface area (Å²) in [6.07, 6.45) is 0.842. The molecule has 112 valence electrons. The Labute approximate surface area is 130 Å². The van der Waals surface area contributed by atoms with Gasteiger partial charge in [0.1, 0.15) is 5.75 Å². The van der Waals surface area contributed by atoms with Gasteiger partial charge in [-0.05, 0) is 24.1 Å². The lowest BCUT2D eigenvalue weighted by Gasteiger charge is -2.04. The molecule has 0 fully saturated rings. The standard InChI is InChI=1S/C13H15N3O3S2/c1-19-10-4-2-3-9(7-10)5-6-14-12-15-16-13(21-12)20-8-11(17)18/h2-4,7H,5-6,8H2,1H3,(H,14,15)(H,17,18). The largest absolute Gasteiger partial charge is 0.497 e. The Hall–Kier alpha value is -1.80. The van der Waals surface area contributed by atoms with Crippen LogP contribution >= 0.6 is 23.1 Å². The molecule has 0 saturated carbocycles. The molecular formula is C13H15N3O3S2. The highest BCUT2D eigenvalue weighted by molar-refractivity contribution is 8.01. The molecule has 0 aliphatic heterocycles. The van der Waals surface area contributed by atoms with E-state index in [0.717, 1.165) is 18.7 Å². The molecule has 6 nitrogen and oxygen atoms in total. The Morgan fingerprint density at radius 1 is 1.48 bits per heavy atom. The van der Waals surface area contributed by atoms with Crippen molar-refractivity contribution in [2.45, 2.75) is 10.8 Å². The van der Waals surface area contributed by atoms with Gasteiger partial charge in [0.25, 0.3) is 0 Å². The molecule has 1 aromatic heterocycles. The van der Waals surface area contributed by atoms with Gasteiger partial charge in [0.05, 0.1) is 12.9 Å². The van der Waals surface area contributed by atoms with Crippen LogP contribution in [-0.4, -0.2) is 40.7 Å². The lowest BCUT2D eigenvalue weighted by Crippen LogP contribution is -2.04. The predicted octanol–water partition coefficient (Wildman–Crippen LogP) is 2.38. The number of nitrogens with one attached hydrogen (secondary N) is 1. The number of carboxylic acid groups (broad SMARTS) is 1. The van der Waals surface area contributed by atoms with Crippen molar-refractivity contribution >= 4 is 34.2 Å². The van der Waals surface area contributed by atoms with E-state index < -0.39 is 5.97 Å². The van der Waals surface area contributed by atoms with E-state index in [1.165, 1.54) is 28.7 Å². The van der Waals surface area contributed by atoms with Crippen LogP contribution < -0.4 is 10.1 Å². The molecule has 0 spiro atoms. The van der Waals surface area contributed by atoms with Crippen molar-refractivity contribution in [3.63, 3.8) is 0 Å². The normalized spacial score (nSPS) is 10.3. The number of benzene rings is 1. The number of thioether (sulfide) groups is 1. The summed E-state index contributed by atoms with van der Waals surface area (Å²) in [7, 11) is 1.65. The van der Waals surface area contributed by atoms with E-state index in [-0.39, 0.29) is 5.75 Å². The fourth-order valence-electron chi connectivity index (χ4n) is 1.60. The van der Waals surface area contributed by atoms with Crippen LogP contribution in [0.5, 0.6) is 5.75 Å². The Kier molecular flexibility index (Phi) is 5.82. The van der Waals surface area contributed by atoms with Crippen LogP contribution in [0.15, 0.2) is 28.6 Å².